The SMILES string of the molecule is Cc1cnc2c(c1)OCC/C2=N/NC(N)=S. The van der Waals surface area contributed by atoms with Gasteiger partial charge in [0, 0.05) is 12.6 Å². The summed E-state index contributed by atoms with van der Waals surface area (Å²) in [4.78, 5) is 4.30. The van der Waals surface area contributed by atoms with E-state index in [0.717, 1.165) is 22.7 Å². The molecule has 5 nitrogen and oxygen atoms in total. The van der Waals surface area contributed by atoms with Crippen LogP contribution in [-0.4, -0.2) is 22.4 Å². The highest BCUT2D eigenvalue weighted by Crippen LogP contribution is 2.23. The number of hydrogen-bond donors (Lipinski definition) is 2. The summed E-state index contributed by atoms with van der Waals surface area (Å²) in [6.45, 7) is 2.56. The fourth-order valence-electron chi connectivity index (χ4n) is 1.48. The molecule has 0 atom stereocenters. The van der Waals surface area contributed by atoms with Gasteiger partial charge in [-0.1, -0.05) is 0 Å². The average Bonchev–Trinajstić information content (AvgIpc) is 2.25. The quantitative estimate of drug-likeness (QED) is 0.555. The van der Waals surface area contributed by atoms with Crippen LogP contribution >= 0.6 is 12.2 Å². The normalized spacial score (nSPS) is 16.4. The van der Waals surface area contributed by atoms with Crippen molar-refractivity contribution in [3.05, 3.63) is 23.5 Å². The minimum atomic E-state index is 0.146. The zero-order chi connectivity index (χ0) is 11.5. The molecular formula is C10H12N4OS. The molecule has 6 heteroatoms. The molecular weight excluding hydrogens is 224 g/mol. The van der Waals surface area contributed by atoms with Crippen molar-refractivity contribution in [3.8, 4) is 5.75 Å². The lowest BCUT2D eigenvalue weighted by molar-refractivity contribution is 0.318. The van der Waals surface area contributed by atoms with Crippen molar-refractivity contribution in [3.63, 3.8) is 0 Å². The van der Waals surface area contributed by atoms with Crippen LogP contribution in [0.3, 0.4) is 0 Å². The number of hydrogen-bond acceptors (Lipinski definition) is 4. The predicted octanol–water partition coefficient (Wildman–Crippen LogP) is 0.710. The highest BCUT2D eigenvalue weighted by molar-refractivity contribution is 7.80. The molecule has 0 saturated carbocycles. The van der Waals surface area contributed by atoms with E-state index in [1.54, 1.807) is 6.20 Å². The van der Waals surface area contributed by atoms with Gasteiger partial charge in [0.15, 0.2) is 5.11 Å². The molecule has 0 bridgehead atoms. The van der Waals surface area contributed by atoms with E-state index < -0.39 is 0 Å². The number of thiocarbonyl (C=S) groups is 1. The van der Waals surface area contributed by atoms with Crippen molar-refractivity contribution in [1.82, 2.24) is 10.4 Å². The smallest absolute Gasteiger partial charge is 0.184 e. The number of rotatable bonds is 1. The first-order valence-corrected chi connectivity index (χ1v) is 5.29. The van der Waals surface area contributed by atoms with Gasteiger partial charge in [0.25, 0.3) is 0 Å². The molecule has 2 heterocycles. The minimum absolute atomic E-state index is 0.146. The Morgan fingerprint density at radius 2 is 2.50 bits per heavy atom. The van der Waals surface area contributed by atoms with E-state index in [1.165, 1.54) is 0 Å². The zero-order valence-electron chi connectivity index (χ0n) is 8.86. The minimum Gasteiger partial charge on any atom is -0.491 e. The van der Waals surface area contributed by atoms with Crippen LogP contribution in [-0.2, 0) is 0 Å². The summed E-state index contributed by atoms with van der Waals surface area (Å²) in [5.41, 5.74) is 10.5. The molecule has 0 unspecified atom stereocenters. The molecule has 0 amide bonds. The maximum absolute atomic E-state index is 5.51. The van der Waals surface area contributed by atoms with Gasteiger partial charge in [-0.15, -0.1) is 0 Å². The maximum Gasteiger partial charge on any atom is 0.184 e. The summed E-state index contributed by atoms with van der Waals surface area (Å²) in [6.07, 6.45) is 2.47. The van der Waals surface area contributed by atoms with E-state index in [9.17, 15) is 0 Å². The molecule has 0 fully saturated rings. The molecule has 2 rings (SSSR count). The maximum atomic E-state index is 5.51. The van der Waals surface area contributed by atoms with Crippen LogP contribution in [0.1, 0.15) is 17.7 Å². The van der Waals surface area contributed by atoms with E-state index in [2.05, 4.69) is 15.5 Å². The number of nitrogens with two attached hydrogens (primary N) is 1. The summed E-state index contributed by atoms with van der Waals surface area (Å²) < 4.78 is 5.51. The number of pyridine rings is 1. The van der Waals surface area contributed by atoms with E-state index in [4.69, 9.17) is 22.7 Å². The Kier molecular flexibility index (Phi) is 3.00. The van der Waals surface area contributed by atoms with Crippen molar-refractivity contribution in [2.24, 2.45) is 10.8 Å². The van der Waals surface area contributed by atoms with Gasteiger partial charge in [0.2, 0.25) is 0 Å². The van der Waals surface area contributed by atoms with E-state index >= 15 is 0 Å². The van der Waals surface area contributed by atoms with Crippen molar-refractivity contribution in [2.75, 3.05) is 6.61 Å². The molecule has 3 N–H and O–H groups in total. The molecule has 1 aliphatic heterocycles. The molecule has 0 aromatic carbocycles. The third kappa shape index (κ3) is 2.27. The van der Waals surface area contributed by atoms with Gasteiger partial charge in [-0.05, 0) is 30.8 Å². The number of ether oxygens (including phenoxy) is 1. The fraction of sp³-hybridized carbons (Fsp3) is 0.300. The van der Waals surface area contributed by atoms with Gasteiger partial charge in [-0.2, -0.15) is 5.10 Å². The van der Waals surface area contributed by atoms with Crippen LogP contribution in [0, 0.1) is 6.92 Å². The monoisotopic (exact) mass is 236 g/mol. The third-order valence-corrected chi connectivity index (χ3v) is 2.25. The van der Waals surface area contributed by atoms with E-state index in [0.29, 0.717) is 13.0 Å². The first-order valence-electron chi connectivity index (χ1n) is 4.88. The topological polar surface area (TPSA) is 72.5 Å². The number of aromatic nitrogens is 1. The second-order valence-electron chi connectivity index (χ2n) is 3.49. The number of nitrogens with zero attached hydrogens (tertiary/aromatic N) is 2. The van der Waals surface area contributed by atoms with E-state index in [-0.39, 0.29) is 5.11 Å². The summed E-state index contributed by atoms with van der Waals surface area (Å²) in [7, 11) is 0. The van der Waals surface area contributed by atoms with Gasteiger partial charge in [0.1, 0.15) is 11.4 Å². The summed E-state index contributed by atoms with van der Waals surface area (Å²) >= 11 is 4.69. The third-order valence-electron chi connectivity index (χ3n) is 2.16. The Labute approximate surface area is 98.7 Å². The van der Waals surface area contributed by atoms with Gasteiger partial charge in [-0.25, -0.2) is 0 Å². The highest BCUT2D eigenvalue weighted by Gasteiger charge is 2.18. The fourth-order valence-corrected chi connectivity index (χ4v) is 1.52. The Balaban J connectivity index is 2.33. The lowest BCUT2D eigenvalue weighted by Crippen LogP contribution is -2.27. The summed E-state index contributed by atoms with van der Waals surface area (Å²) in [5.74, 6) is 0.759. The zero-order valence-corrected chi connectivity index (χ0v) is 9.67. The van der Waals surface area contributed by atoms with Crippen LogP contribution in [0.4, 0.5) is 0 Å². The predicted molar refractivity (Wildman–Crippen MR) is 65.5 cm³/mol. The Morgan fingerprint density at radius 3 is 3.25 bits per heavy atom. The molecule has 84 valence electrons. The highest BCUT2D eigenvalue weighted by atomic mass is 32.1. The van der Waals surface area contributed by atoms with Crippen LogP contribution in [0.2, 0.25) is 0 Å². The Bertz CT molecular complexity index is 458. The molecule has 0 aliphatic carbocycles. The number of hydrazone groups is 1. The Morgan fingerprint density at radius 1 is 1.69 bits per heavy atom. The van der Waals surface area contributed by atoms with Crippen molar-refractivity contribution in [1.29, 1.82) is 0 Å². The van der Waals surface area contributed by atoms with Gasteiger partial charge >= 0.3 is 0 Å². The molecule has 16 heavy (non-hydrogen) atoms. The van der Waals surface area contributed by atoms with Crippen molar-refractivity contribution < 1.29 is 4.74 Å². The van der Waals surface area contributed by atoms with Gasteiger partial charge < -0.3 is 10.5 Å². The second-order valence-corrected chi connectivity index (χ2v) is 3.93. The van der Waals surface area contributed by atoms with Crippen LogP contribution < -0.4 is 15.9 Å². The first-order chi connectivity index (χ1) is 7.66. The van der Waals surface area contributed by atoms with Gasteiger partial charge in [-0.3, -0.25) is 10.4 Å². The second kappa shape index (κ2) is 4.44. The lowest BCUT2D eigenvalue weighted by atomic mass is 10.1. The molecule has 1 aromatic rings. The van der Waals surface area contributed by atoms with Crippen LogP contribution in [0.25, 0.3) is 0 Å². The standard InChI is InChI=1S/C10H12N4OS/c1-6-4-8-9(12-5-6)7(2-3-15-8)13-14-10(11)16/h4-5H,2-3H2,1H3,(H3,11,14,16)/b13-7-. The van der Waals surface area contributed by atoms with Gasteiger partial charge in [0.05, 0.1) is 12.3 Å². The van der Waals surface area contributed by atoms with Crippen LogP contribution in [0.15, 0.2) is 17.4 Å². The summed E-state index contributed by atoms with van der Waals surface area (Å²) in [5, 5.41) is 4.26. The summed E-state index contributed by atoms with van der Waals surface area (Å²) in [6, 6.07) is 1.94. The molecule has 0 spiro atoms. The largest absolute Gasteiger partial charge is 0.491 e. The molecule has 1 aromatic heterocycles. The van der Waals surface area contributed by atoms with Crippen LogP contribution in [0.5, 0.6) is 5.75 Å². The van der Waals surface area contributed by atoms with Crippen molar-refractivity contribution >= 4 is 23.0 Å². The number of aryl methyl sites for hydroxylation is 1. The first kappa shape index (κ1) is 10.8. The number of nitrogens with one attached hydrogen (secondary N) is 1. The molecule has 0 radical (unpaired) electrons. The molecule has 1 aliphatic rings. The van der Waals surface area contributed by atoms with Crippen molar-refractivity contribution in [2.45, 2.75) is 13.3 Å². The number of fused-ring (bicyclic) bond motifs is 1. The average molecular weight is 236 g/mol. The lowest BCUT2D eigenvalue weighted by Gasteiger charge is -2.18. The Hall–Kier alpha value is -1.69. The van der Waals surface area contributed by atoms with E-state index in [1.807, 2.05) is 13.0 Å². The molecule has 0 saturated heterocycles.